The Bertz CT molecular complexity index is 900. The first-order chi connectivity index (χ1) is 14.3. The molecule has 2 N–H and O–H groups in total. The Morgan fingerprint density at radius 3 is 2.60 bits per heavy atom. The Morgan fingerprint density at radius 1 is 1.20 bits per heavy atom. The molecule has 0 aliphatic carbocycles. The number of benzene rings is 2. The highest BCUT2D eigenvalue weighted by Gasteiger charge is 2.33. The van der Waals surface area contributed by atoms with Crippen molar-refractivity contribution < 1.29 is 27.5 Å². The van der Waals surface area contributed by atoms with Crippen LogP contribution in [0.15, 0.2) is 48.5 Å². The fourth-order valence-electron chi connectivity index (χ4n) is 3.32. The van der Waals surface area contributed by atoms with Crippen LogP contribution in [-0.2, 0) is 17.5 Å². The number of nitrogens with one attached hydrogen (secondary N) is 2. The van der Waals surface area contributed by atoms with Crippen molar-refractivity contribution in [3.05, 3.63) is 70.8 Å². The van der Waals surface area contributed by atoms with E-state index in [1.165, 1.54) is 18.1 Å². The molecule has 1 fully saturated rings. The van der Waals surface area contributed by atoms with Gasteiger partial charge >= 0.3 is 18.2 Å². The number of carbonyl (C=O) groups is 2. The molecule has 2 aromatic carbocycles. The first-order valence-corrected chi connectivity index (χ1v) is 9.39. The molecule has 0 aromatic heterocycles. The number of piperazine rings is 1. The van der Waals surface area contributed by atoms with Crippen molar-refractivity contribution in [3.8, 4) is 0 Å². The van der Waals surface area contributed by atoms with E-state index in [1.807, 2.05) is 0 Å². The third-order valence-electron chi connectivity index (χ3n) is 4.92. The summed E-state index contributed by atoms with van der Waals surface area (Å²) in [5.41, 5.74) is 0.868. The number of amides is 2. The smallest absolute Gasteiger partial charge is 0.416 e. The van der Waals surface area contributed by atoms with Gasteiger partial charge in [0, 0.05) is 26.2 Å². The Labute approximate surface area is 172 Å². The molecule has 1 unspecified atom stereocenters. The number of methoxy groups -OCH3 is 1. The normalized spacial score (nSPS) is 16.8. The first-order valence-electron chi connectivity index (χ1n) is 9.39. The third kappa shape index (κ3) is 5.10. The lowest BCUT2D eigenvalue weighted by molar-refractivity contribution is -0.137. The molecule has 1 saturated heterocycles. The van der Waals surface area contributed by atoms with E-state index in [2.05, 4.69) is 15.4 Å². The van der Waals surface area contributed by atoms with Crippen LogP contribution < -0.4 is 10.6 Å². The van der Waals surface area contributed by atoms with Crippen LogP contribution in [0, 0.1) is 0 Å². The van der Waals surface area contributed by atoms with Gasteiger partial charge in [0.15, 0.2) is 0 Å². The number of hydrogen-bond acceptors (Lipinski definition) is 4. The van der Waals surface area contributed by atoms with Crippen LogP contribution in [0.3, 0.4) is 0 Å². The van der Waals surface area contributed by atoms with Crippen molar-refractivity contribution in [2.75, 3.05) is 26.7 Å². The van der Waals surface area contributed by atoms with Crippen LogP contribution in [0.2, 0.25) is 0 Å². The lowest BCUT2D eigenvalue weighted by Crippen LogP contribution is -2.51. The van der Waals surface area contributed by atoms with Crippen LogP contribution in [-0.4, -0.2) is 43.6 Å². The molecule has 2 amide bonds. The maximum absolute atomic E-state index is 13.1. The fraction of sp³-hybridized carbons (Fsp3) is 0.333. The molecule has 30 heavy (non-hydrogen) atoms. The van der Waals surface area contributed by atoms with Crippen molar-refractivity contribution in [1.82, 2.24) is 15.5 Å². The average Bonchev–Trinajstić information content (AvgIpc) is 2.76. The monoisotopic (exact) mass is 421 g/mol. The number of esters is 1. The number of hydrogen-bond donors (Lipinski definition) is 2. The zero-order valence-corrected chi connectivity index (χ0v) is 16.3. The second-order valence-electron chi connectivity index (χ2n) is 6.88. The molecule has 1 aliphatic heterocycles. The zero-order valence-electron chi connectivity index (χ0n) is 16.3. The van der Waals surface area contributed by atoms with E-state index in [4.69, 9.17) is 0 Å². The van der Waals surface area contributed by atoms with Gasteiger partial charge < -0.3 is 20.3 Å². The zero-order chi connectivity index (χ0) is 21.7. The van der Waals surface area contributed by atoms with Crippen LogP contribution >= 0.6 is 0 Å². The predicted molar refractivity (Wildman–Crippen MR) is 104 cm³/mol. The van der Waals surface area contributed by atoms with Gasteiger partial charge in [0.1, 0.15) is 0 Å². The van der Waals surface area contributed by atoms with Crippen molar-refractivity contribution in [3.63, 3.8) is 0 Å². The Balaban J connectivity index is 1.69. The lowest BCUT2D eigenvalue weighted by Gasteiger charge is -2.36. The fourth-order valence-corrected chi connectivity index (χ4v) is 3.32. The summed E-state index contributed by atoms with van der Waals surface area (Å²) in [7, 11) is 1.30. The summed E-state index contributed by atoms with van der Waals surface area (Å²) < 4.78 is 43.8. The summed E-state index contributed by atoms with van der Waals surface area (Å²) in [5, 5.41) is 5.92. The second kappa shape index (κ2) is 9.17. The Kier molecular flexibility index (Phi) is 6.61. The van der Waals surface area contributed by atoms with Gasteiger partial charge in [-0.3, -0.25) is 0 Å². The van der Waals surface area contributed by atoms with E-state index >= 15 is 0 Å². The largest absolute Gasteiger partial charge is 0.465 e. The van der Waals surface area contributed by atoms with Crippen molar-refractivity contribution in [2.24, 2.45) is 0 Å². The SMILES string of the molecule is COC(=O)c1ccc(CNC(=O)N2CCNCC2c2cccc(C(F)(F)F)c2)cc1. The van der Waals surface area contributed by atoms with E-state index in [9.17, 15) is 22.8 Å². The number of urea groups is 1. The maximum atomic E-state index is 13.1. The molecular formula is C21H22F3N3O3. The number of nitrogens with zero attached hydrogens (tertiary/aromatic N) is 1. The van der Waals surface area contributed by atoms with Crippen molar-refractivity contribution in [2.45, 2.75) is 18.8 Å². The highest BCUT2D eigenvalue weighted by Crippen LogP contribution is 2.32. The number of ether oxygens (including phenoxy) is 1. The Hall–Kier alpha value is -3.07. The molecule has 6 nitrogen and oxygen atoms in total. The summed E-state index contributed by atoms with van der Waals surface area (Å²) >= 11 is 0. The lowest BCUT2D eigenvalue weighted by atomic mass is 10.0. The quantitative estimate of drug-likeness (QED) is 0.743. The predicted octanol–water partition coefficient (Wildman–Crippen LogP) is 3.35. The van der Waals surface area contributed by atoms with Gasteiger partial charge in [-0.05, 0) is 35.4 Å². The molecule has 3 rings (SSSR count). The number of carbonyl (C=O) groups excluding carboxylic acids is 2. The van der Waals surface area contributed by atoms with Gasteiger partial charge in [0.2, 0.25) is 0 Å². The molecule has 0 radical (unpaired) electrons. The molecule has 1 aliphatic rings. The molecule has 0 spiro atoms. The minimum absolute atomic E-state index is 0.222. The molecule has 160 valence electrons. The average molecular weight is 421 g/mol. The van der Waals surface area contributed by atoms with E-state index in [-0.39, 0.29) is 12.6 Å². The number of alkyl halides is 3. The van der Waals surface area contributed by atoms with Gasteiger partial charge in [-0.2, -0.15) is 13.2 Å². The van der Waals surface area contributed by atoms with Gasteiger partial charge in [0.25, 0.3) is 0 Å². The maximum Gasteiger partial charge on any atom is 0.416 e. The topological polar surface area (TPSA) is 70.7 Å². The van der Waals surface area contributed by atoms with Gasteiger partial charge in [-0.25, -0.2) is 9.59 Å². The highest BCUT2D eigenvalue weighted by molar-refractivity contribution is 5.89. The summed E-state index contributed by atoms with van der Waals surface area (Å²) in [5.74, 6) is -0.449. The molecule has 9 heteroatoms. The number of halogens is 3. The van der Waals surface area contributed by atoms with E-state index in [0.29, 0.717) is 30.8 Å². The standard InChI is InChI=1S/C21H22F3N3O3/c1-30-19(28)15-7-5-14(6-8-15)12-26-20(29)27-10-9-25-13-18(27)16-3-2-4-17(11-16)21(22,23)24/h2-8,11,18,25H,9-10,12-13H2,1H3,(H,26,29). The summed E-state index contributed by atoms with van der Waals surface area (Å²) in [6, 6.07) is 10.8. The highest BCUT2D eigenvalue weighted by atomic mass is 19.4. The second-order valence-corrected chi connectivity index (χ2v) is 6.88. The minimum atomic E-state index is -4.44. The van der Waals surface area contributed by atoms with Crippen molar-refractivity contribution >= 4 is 12.0 Å². The molecule has 0 bridgehead atoms. The van der Waals surface area contributed by atoms with E-state index in [0.717, 1.165) is 17.7 Å². The summed E-state index contributed by atoms with van der Waals surface area (Å²) in [6.45, 7) is 1.51. The summed E-state index contributed by atoms with van der Waals surface area (Å²) in [4.78, 5) is 25.8. The van der Waals surface area contributed by atoms with Crippen molar-refractivity contribution in [1.29, 1.82) is 0 Å². The molecule has 1 atom stereocenters. The van der Waals surface area contributed by atoms with Gasteiger partial charge in [-0.15, -0.1) is 0 Å². The Morgan fingerprint density at radius 2 is 1.93 bits per heavy atom. The first kappa shape index (κ1) is 21.6. The molecule has 2 aromatic rings. The summed E-state index contributed by atoms with van der Waals surface area (Å²) in [6.07, 6.45) is -4.44. The van der Waals surface area contributed by atoms with Crippen LogP contribution in [0.1, 0.15) is 33.1 Å². The van der Waals surface area contributed by atoms with Gasteiger partial charge in [0.05, 0.1) is 24.3 Å². The van der Waals surface area contributed by atoms with Gasteiger partial charge in [-0.1, -0.05) is 24.3 Å². The number of rotatable bonds is 4. The van der Waals surface area contributed by atoms with Crippen LogP contribution in [0.25, 0.3) is 0 Å². The molecule has 0 saturated carbocycles. The minimum Gasteiger partial charge on any atom is -0.465 e. The van der Waals surface area contributed by atoms with Crippen LogP contribution in [0.4, 0.5) is 18.0 Å². The van der Waals surface area contributed by atoms with E-state index in [1.54, 1.807) is 30.3 Å². The van der Waals surface area contributed by atoms with Crippen LogP contribution in [0.5, 0.6) is 0 Å². The third-order valence-corrected chi connectivity index (χ3v) is 4.92. The molecular weight excluding hydrogens is 399 g/mol. The molecule has 1 heterocycles. The van der Waals surface area contributed by atoms with E-state index < -0.39 is 23.8 Å².